The largest absolute Gasteiger partial charge is 0.346 e. The number of carbonyl (C=O) groups excluding carboxylic acids is 1. The molecule has 0 fully saturated rings. The van der Waals surface area contributed by atoms with Gasteiger partial charge in [-0.3, -0.25) is 4.79 Å². The standard InChI is InChI=1S/C13H18N2OS/c1-4-13(2,3)15-12(16)11-8-7-10(17-11)6-5-9-14/h7-8H,4,9,14H2,1-3H3,(H,15,16). The second-order valence-electron chi connectivity index (χ2n) is 4.36. The molecule has 0 aliphatic heterocycles. The average molecular weight is 250 g/mol. The molecule has 0 saturated heterocycles. The summed E-state index contributed by atoms with van der Waals surface area (Å²) in [5, 5.41) is 2.99. The molecule has 0 unspecified atom stereocenters. The maximum absolute atomic E-state index is 11.9. The molecule has 92 valence electrons. The number of amides is 1. The molecule has 3 N–H and O–H groups in total. The molecule has 0 bridgehead atoms. The van der Waals surface area contributed by atoms with Crippen LogP contribution in [0.25, 0.3) is 0 Å². The van der Waals surface area contributed by atoms with Crippen LogP contribution in [0, 0.1) is 11.8 Å². The van der Waals surface area contributed by atoms with Gasteiger partial charge in [0.15, 0.2) is 0 Å². The fourth-order valence-electron chi connectivity index (χ4n) is 1.12. The summed E-state index contributed by atoms with van der Waals surface area (Å²) >= 11 is 1.39. The van der Waals surface area contributed by atoms with Crippen molar-refractivity contribution in [1.29, 1.82) is 0 Å². The van der Waals surface area contributed by atoms with Crippen molar-refractivity contribution in [2.75, 3.05) is 6.54 Å². The van der Waals surface area contributed by atoms with Gasteiger partial charge in [-0.15, -0.1) is 11.3 Å². The van der Waals surface area contributed by atoms with Crippen molar-refractivity contribution in [1.82, 2.24) is 5.32 Å². The lowest BCUT2D eigenvalue weighted by atomic mass is 10.0. The number of rotatable bonds is 3. The quantitative estimate of drug-likeness (QED) is 0.806. The first-order chi connectivity index (χ1) is 7.98. The zero-order valence-corrected chi connectivity index (χ0v) is 11.3. The van der Waals surface area contributed by atoms with E-state index in [0.717, 1.165) is 11.3 Å². The lowest BCUT2D eigenvalue weighted by molar-refractivity contribution is 0.0915. The molecule has 17 heavy (non-hydrogen) atoms. The van der Waals surface area contributed by atoms with E-state index in [-0.39, 0.29) is 11.4 Å². The van der Waals surface area contributed by atoms with Gasteiger partial charge in [-0.25, -0.2) is 0 Å². The van der Waals surface area contributed by atoms with Gasteiger partial charge in [-0.05, 0) is 32.4 Å². The predicted octanol–water partition coefficient (Wildman–Crippen LogP) is 1.98. The minimum atomic E-state index is -0.176. The molecule has 0 aliphatic carbocycles. The normalized spacial score (nSPS) is 10.6. The third kappa shape index (κ3) is 4.22. The topological polar surface area (TPSA) is 55.1 Å². The average Bonchev–Trinajstić information content (AvgIpc) is 2.74. The summed E-state index contributed by atoms with van der Waals surface area (Å²) in [6, 6.07) is 3.65. The Morgan fingerprint density at radius 2 is 2.24 bits per heavy atom. The second kappa shape index (κ2) is 5.85. The lowest BCUT2D eigenvalue weighted by Crippen LogP contribution is -2.42. The van der Waals surface area contributed by atoms with Crippen LogP contribution in [-0.2, 0) is 0 Å². The van der Waals surface area contributed by atoms with E-state index in [4.69, 9.17) is 5.73 Å². The molecule has 1 amide bonds. The highest BCUT2D eigenvalue weighted by Gasteiger charge is 2.19. The molecule has 0 aromatic carbocycles. The number of hydrogen-bond donors (Lipinski definition) is 2. The highest BCUT2D eigenvalue weighted by molar-refractivity contribution is 7.14. The van der Waals surface area contributed by atoms with Crippen molar-refractivity contribution < 1.29 is 4.79 Å². The zero-order chi connectivity index (χ0) is 12.9. The van der Waals surface area contributed by atoms with Gasteiger partial charge in [-0.1, -0.05) is 18.8 Å². The van der Waals surface area contributed by atoms with Gasteiger partial charge in [0, 0.05) is 5.54 Å². The van der Waals surface area contributed by atoms with Gasteiger partial charge in [-0.2, -0.15) is 0 Å². The highest BCUT2D eigenvalue weighted by atomic mass is 32.1. The summed E-state index contributed by atoms with van der Waals surface area (Å²) in [6.45, 7) is 6.40. The Bertz CT molecular complexity index is 451. The van der Waals surface area contributed by atoms with Gasteiger partial charge >= 0.3 is 0 Å². The zero-order valence-electron chi connectivity index (χ0n) is 10.5. The fourth-order valence-corrected chi connectivity index (χ4v) is 1.90. The molecule has 0 radical (unpaired) electrons. The van der Waals surface area contributed by atoms with Crippen LogP contribution < -0.4 is 11.1 Å². The molecule has 1 aromatic rings. The van der Waals surface area contributed by atoms with Crippen LogP contribution in [0.5, 0.6) is 0 Å². The summed E-state index contributed by atoms with van der Waals surface area (Å²) < 4.78 is 0. The van der Waals surface area contributed by atoms with Gasteiger partial charge < -0.3 is 11.1 Å². The van der Waals surface area contributed by atoms with Gasteiger partial charge in [0.1, 0.15) is 0 Å². The van der Waals surface area contributed by atoms with Crippen molar-refractivity contribution in [3.8, 4) is 11.8 Å². The van der Waals surface area contributed by atoms with Crippen molar-refractivity contribution in [2.45, 2.75) is 32.7 Å². The highest BCUT2D eigenvalue weighted by Crippen LogP contribution is 2.17. The van der Waals surface area contributed by atoms with Crippen molar-refractivity contribution in [3.63, 3.8) is 0 Å². The number of nitrogens with one attached hydrogen (secondary N) is 1. The molecular weight excluding hydrogens is 232 g/mol. The van der Waals surface area contributed by atoms with E-state index in [1.807, 2.05) is 26.8 Å². The van der Waals surface area contributed by atoms with E-state index in [1.165, 1.54) is 11.3 Å². The second-order valence-corrected chi connectivity index (χ2v) is 5.45. The summed E-state index contributed by atoms with van der Waals surface area (Å²) in [4.78, 5) is 13.5. The van der Waals surface area contributed by atoms with Gasteiger partial charge in [0.2, 0.25) is 0 Å². The molecule has 0 spiro atoms. The van der Waals surface area contributed by atoms with E-state index >= 15 is 0 Å². The van der Waals surface area contributed by atoms with E-state index in [2.05, 4.69) is 17.2 Å². The van der Waals surface area contributed by atoms with Crippen LogP contribution in [0.1, 0.15) is 41.7 Å². The first kappa shape index (κ1) is 13.8. The third-order valence-corrected chi connectivity index (χ3v) is 3.48. The first-order valence-electron chi connectivity index (χ1n) is 5.60. The molecule has 1 heterocycles. The molecular formula is C13H18N2OS. The van der Waals surface area contributed by atoms with Crippen molar-refractivity contribution in [2.24, 2.45) is 5.73 Å². The molecule has 1 rings (SSSR count). The number of hydrogen-bond acceptors (Lipinski definition) is 3. The summed E-state index contributed by atoms with van der Waals surface area (Å²) in [5.41, 5.74) is 5.12. The monoisotopic (exact) mass is 250 g/mol. The van der Waals surface area contributed by atoms with Crippen LogP contribution in [0.15, 0.2) is 12.1 Å². The number of carbonyl (C=O) groups is 1. The van der Waals surface area contributed by atoms with Gasteiger partial charge in [0.05, 0.1) is 16.3 Å². The van der Waals surface area contributed by atoms with Crippen molar-refractivity contribution >= 4 is 17.2 Å². The Kier molecular flexibility index (Phi) is 4.73. The van der Waals surface area contributed by atoms with Crippen molar-refractivity contribution in [3.05, 3.63) is 21.9 Å². The summed E-state index contributed by atoms with van der Waals surface area (Å²) in [5.74, 6) is 5.65. The maximum Gasteiger partial charge on any atom is 0.261 e. The maximum atomic E-state index is 11.9. The fraction of sp³-hybridized carbons (Fsp3) is 0.462. The third-order valence-electron chi connectivity index (χ3n) is 2.48. The minimum absolute atomic E-state index is 0.0392. The smallest absolute Gasteiger partial charge is 0.261 e. The Labute approximate surface area is 106 Å². The summed E-state index contributed by atoms with van der Waals surface area (Å²) in [7, 11) is 0. The minimum Gasteiger partial charge on any atom is -0.346 e. The number of thiophene rings is 1. The van der Waals surface area contributed by atoms with E-state index < -0.39 is 0 Å². The Hall–Kier alpha value is -1.31. The molecule has 0 atom stereocenters. The molecule has 4 heteroatoms. The van der Waals surface area contributed by atoms with Crippen LogP contribution in [-0.4, -0.2) is 18.0 Å². The number of nitrogens with two attached hydrogens (primary N) is 1. The predicted molar refractivity (Wildman–Crippen MR) is 72.1 cm³/mol. The van der Waals surface area contributed by atoms with Gasteiger partial charge in [0.25, 0.3) is 5.91 Å². The van der Waals surface area contributed by atoms with E-state index in [9.17, 15) is 4.79 Å². The summed E-state index contributed by atoms with van der Waals surface area (Å²) in [6.07, 6.45) is 0.893. The van der Waals surface area contributed by atoms with E-state index in [0.29, 0.717) is 11.4 Å². The Morgan fingerprint density at radius 1 is 1.53 bits per heavy atom. The SMILES string of the molecule is CCC(C)(C)NC(=O)c1ccc(C#CCN)s1. The van der Waals surface area contributed by atoms with Crippen LogP contribution in [0.3, 0.4) is 0 Å². The first-order valence-corrected chi connectivity index (χ1v) is 6.41. The van der Waals surface area contributed by atoms with E-state index in [1.54, 1.807) is 6.07 Å². The molecule has 1 aromatic heterocycles. The van der Waals surface area contributed by atoms with Crippen LogP contribution in [0.4, 0.5) is 0 Å². The Balaban J connectivity index is 2.74. The molecule has 0 saturated carbocycles. The Morgan fingerprint density at radius 3 is 2.82 bits per heavy atom. The van der Waals surface area contributed by atoms with Crippen LogP contribution in [0.2, 0.25) is 0 Å². The van der Waals surface area contributed by atoms with Crippen LogP contribution >= 0.6 is 11.3 Å². The molecule has 3 nitrogen and oxygen atoms in total. The lowest BCUT2D eigenvalue weighted by Gasteiger charge is -2.23. The molecule has 0 aliphatic rings.